The molecule has 0 bridgehead atoms. The fourth-order valence-electron chi connectivity index (χ4n) is 2.86. The van der Waals surface area contributed by atoms with Crippen LogP contribution in [0.5, 0.6) is 5.75 Å². The van der Waals surface area contributed by atoms with E-state index in [2.05, 4.69) is 15.5 Å². The fraction of sp³-hybridized carbons (Fsp3) is 0.333. The Morgan fingerprint density at radius 3 is 2.64 bits per heavy atom. The van der Waals surface area contributed by atoms with Gasteiger partial charge in [-0.05, 0) is 61.1 Å². The van der Waals surface area contributed by atoms with E-state index in [1.54, 1.807) is 18.2 Å². The van der Waals surface area contributed by atoms with Crippen molar-refractivity contribution >= 4 is 34.6 Å². The molecule has 0 saturated carbocycles. The topological polar surface area (TPSA) is 62.8 Å². The maximum atomic E-state index is 12.4. The Morgan fingerprint density at radius 1 is 1.18 bits per heavy atom. The molecule has 0 unspecified atom stereocenters. The standard InChI is InChI=1S/C21H25N3O3S/c1-2-12-27-19-5-3-4-16(15-19)20(25)23-21(28)22-17-6-8-18(9-7-17)24-10-13-26-14-11-24/h3-9,15H,2,10-14H2,1H3,(H2,22,23,25,28). The number of anilines is 2. The quantitative estimate of drug-likeness (QED) is 0.726. The molecule has 0 aromatic heterocycles. The van der Waals surface area contributed by atoms with Crippen LogP contribution >= 0.6 is 12.2 Å². The fourth-order valence-corrected chi connectivity index (χ4v) is 3.07. The van der Waals surface area contributed by atoms with Crippen LogP contribution in [0.15, 0.2) is 48.5 Å². The third kappa shape index (κ3) is 5.68. The lowest BCUT2D eigenvalue weighted by Crippen LogP contribution is -2.36. The van der Waals surface area contributed by atoms with Gasteiger partial charge in [0.1, 0.15) is 5.75 Å². The van der Waals surface area contributed by atoms with E-state index < -0.39 is 0 Å². The van der Waals surface area contributed by atoms with Gasteiger partial charge in [0, 0.05) is 30.0 Å². The van der Waals surface area contributed by atoms with Crippen LogP contribution in [0.2, 0.25) is 0 Å². The number of amides is 1. The van der Waals surface area contributed by atoms with Crippen molar-refractivity contribution in [2.75, 3.05) is 43.1 Å². The SMILES string of the molecule is CCCOc1cccc(C(=O)NC(=S)Nc2ccc(N3CCOCC3)cc2)c1. The van der Waals surface area contributed by atoms with Gasteiger partial charge in [-0.1, -0.05) is 13.0 Å². The second-order valence-corrected chi connectivity index (χ2v) is 6.84. The normalized spacial score (nSPS) is 13.7. The van der Waals surface area contributed by atoms with Gasteiger partial charge in [0.25, 0.3) is 5.91 Å². The maximum Gasteiger partial charge on any atom is 0.257 e. The average Bonchev–Trinajstić information content (AvgIpc) is 2.73. The van der Waals surface area contributed by atoms with Crippen LogP contribution in [-0.4, -0.2) is 43.9 Å². The summed E-state index contributed by atoms with van der Waals surface area (Å²) in [5, 5.41) is 6.01. The largest absolute Gasteiger partial charge is 0.494 e. The van der Waals surface area contributed by atoms with Gasteiger partial charge < -0.3 is 19.7 Å². The van der Waals surface area contributed by atoms with Gasteiger partial charge in [-0.25, -0.2) is 0 Å². The zero-order valence-corrected chi connectivity index (χ0v) is 16.8. The van der Waals surface area contributed by atoms with E-state index in [1.807, 2.05) is 37.3 Å². The summed E-state index contributed by atoms with van der Waals surface area (Å²) in [6.07, 6.45) is 0.911. The van der Waals surface area contributed by atoms with Crippen molar-refractivity contribution in [3.05, 3.63) is 54.1 Å². The summed E-state index contributed by atoms with van der Waals surface area (Å²) < 4.78 is 10.9. The van der Waals surface area contributed by atoms with Gasteiger partial charge in [0.15, 0.2) is 5.11 Å². The number of benzene rings is 2. The minimum Gasteiger partial charge on any atom is -0.494 e. The molecule has 1 amide bonds. The number of hydrogen-bond donors (Lipinski definition) is 2. The summed E-state index contributed by atoms with van der Waals surface area (Å²) in [6.45, 7) is 5.94. The number of carbonyl (C=O) groups is 1. The number of nitrogens with one attached hydrogen (secondary N) is 2. The first-order valence-electron chi connectivity index (χ1n) is 9.43. The van der Waals surface area contributed by atoms with E-state index in [4.69, 9.17) is 21.7 Å². The number of thiocarbonyl (C=S) groups is 1. The van der Waals surface area contributed by atoms with Crippen LogP contribution in [0.4, 0.5) is 11.4 Å². The molecular weight excluding hydrogens is 374 g/mol. The summed E-state index contributed by atoms with van der Waals surface area (Å²) in [5.41, 5.74) is 2.47. The second kappa shape index (κ2) is 10.1. The molecule has 6 nitrogen and oxygen atoms in total. The highest BCUT2D eigenvalue weighted by atomic mass is 32.1. The summed E-state index contributed by atoms with van der Waals surface area (Å²) in [5.74, 6) is 0.400. The number of ether oxygens (including phenoxy) is 2. The Labute approximate surface area is 170 Å². The van der Waals surface area contributed by atoms with Gasteiger partial charge in [0.05, 0.1) is 19.8 Å². The highest BCUT2D eigenvalue weighted by Gasteiger charge is 2.12. The highest BCUT2D eigenvalue weighted by Crippen LogP contribution is 2.19. The molecule has 28 heavy (non-hydrogen) atoms. The van der Waals surface area contributed by atoms with E-state index in [0.717, 1.165) is 44.1 Å². The Kier molecular flexibility index (Phi) is 7.22. The van der Waals surface area contributed by atoms with Crippen molar-refractivity contribution in [1.29, 1.82) is 0 Å². The van der Waals surface area contributed by atoms with Crippen LogP contribution in [0.25, 0.3) is 0 Å². The smallest absolute Gasteiger partial charge is 0.257 e. The molecular formula is C21H25N3O3S. The van der Waals surface area contributed by atoms with Gasteiger partial charge in [-0.2, -0.15) is 0 Å². The zero-order valence-electron chi connectivity index (χ0n) is 15.9. The van der Waals surface area contributed by atoms with Crippen LogP contribution < -0.4 is 20.3 Å². The number of morpholine rings is 1. The first-order chi connectivity index (χ1) is 13.7. The zero-order chi connectivity index (χ0) is 19.8. The summed E-state index contributed by atoms with van der Waals surface area (Å²) in [7, 11) is 0. The minimum atomic E-state index is -0.274. The Hall–Kier alpha value is -2.64. The lowest BCUT2D eigenvalue weighted by molar-refractivity contribution is 0.0977. The predicted molar refractivity (Wildman–Crippen MR) is 115 cm³/mol. The summed E-state index contributed by atoms with van der Waals surface area (Å²) in [6, 6.07) is 15.0. The molecule has 3 rings (SSSR count). The highest BCUT2D eigenvalue weighted by molar-refractivity contribution is 7.80. The van der Waals surface area contributed by atoms with Crippen LogP contribution in [0.1, 0.15) is 23.7 Å². The molecule has 0 radical (unpaired) electrons. The second-order valence-electron chi connectivity index (χ2n) is 6.43. The van der Waals surface area contributed by atoms with Crippen molar-refractivity contribution in [3.8, 4) is 5.75 Å². The Balaban J connectivity index is 1.54. The van der Waals surface area contributed by atoms with Crippen molar-refractivity contribution in [3.63, 3.8) is 0 Å². The molecule has 148 valence electrons. The molecule has 7 heteroatoms. The van der Waals surface area contributed by atoms with E-state index in [9.17, 15) is 4.79 Å². The molecule has 0 spiro atoms. The van der Waals surface area contributed by atoms with E-state index in [-0.39, 0.29) is 11.0 Å². The molecule has 2 aromatic carbocycles. The molecule has 2 N–H and O–H groups in total. The number of hydrogen-bond acceptors (Lipinski definition) is 5. The van der Waals surface area contributed by atoms with Crippen molar-refractivity contribution < 1.29 is 14.3 Å². The molecule has 1 heterocycles. The molecule has 1 aliphatic heterocycles. The first-order valence-corrected chi connectivity index (χ1v) is 9.84. The number of nitrogens with zero attached hydrogens (tertiary/aromatic N) is 1. The third-order valence-corrected chi connectivity index (χ3v) is 4.50. The van der Waals surface area contributed by atoms with Crippen LogP contribution in [0, 0.1) is 0 Å². The maximum absolute atomic E-state index is 12.4. The first kappa shape index (κ1) is 20.1. The van der Waals surface area contributed by atoms with Gasteiger partial charge in [-0.15, -0.1) is 0 Å². The summed E-state index contributed by atoms with van der Waals surface area (Å²) >= 11 is 5.27. The average molecular weight is 400 g/mol. The van der Waals surface area contributed by atoms with Crippen molar-refractivity contribution in [1.82, 2.24) is 5.32 Å². The minimum absolute atomic E-state index is 0.254. The molecule has 1 saturated heterocycles. The lowest BCUT2D eigenvalue weighted by atomic mass is 10.2. The Morgan fingerprint density at radius 2 is 1.93 bits per heavy atom. The van der Waals surface area contributed by atoms with Crippen molar-refractivity contribution in [2.45, 2.75) is 13.3 Å². The lowest BCUT2D eigenvalue weighted by Gasteiger charge is -2.28. The predicted octanol–water partition coefficient (Wildman–Crippen LogP) is 3.44. The molecule has 1 fully saturated rings. The van der Waals surface area contributed by atoms with E-state index in [1.165, 1.54) is 0 Å². The van der Waals surface area contributed by atoms with E-state index in [0.29, 0.717) is 17.9 Å². The number of carbonyl (C=O) groups excluding carboxylic acids is 1. The van der Waals surface area contributed by atoms with Crippen molar-refractivity contribution in [2.24, 2.45) is 0 Å². The molecule has 0 atom stereocenters. The molecule has 1 aliphatic rings. The Bertz CT molecular complexity index is 805. The molecule has 0 aliphatic carbocycles. The molecule has 2 aromatic rings. The van der Waals surface area contributed by atoms with E-state index >= 15 is 0 Å². The van der Waals surface area contributed by atoms with Gasteiger partial charge in [-0.3, -0.25) is 10.1 Å². The summed E-state index contributed by atoms with van der Waals surface area (Å²) in [4.78, 5) is 14.7. The monoisotopic (exact) mass is 399 g/mol. The van der Waals surface area contributed by atoms with Gasteiger partial charge >= 0.3 is 0 Å². The number of rotatable bonds is 6. The van der Waals surface area contributed by atoms with Crippen LogP contribution in [-0.2, 0) is 4.74 Å². The third-order valence-electron chi connectivity index (χ3n) is 4.30. The van der Waals surface area contributed by atoms with Crippen LogP contribution in [0.3, 0.4) is 0 Å². The van der Waals surface area contributed by atoms with Gasteiger partial charge in [0.2, 0.25) is 0 Å².